The first kappa shape index (κ1) is 19.6. The summed E-state index contributed by atoms with van der Waals surface area (Å²) in [5, 5.41) is 0. The maximum Gasteiger partial charge on any atom is 0.303 e. The number of hydrogen-bond acceptors (Lipinski definition) is 11. The van der Waals surface area contributed by atoms with E-state index in [0.29, 0.717) is 0 Å². The quantitative estimate of drug-likeness (QED) is 0.415. The highest BCUT2D eigenvalue weighted by Crippen LogP contribution is 2.31. The van der Waals surface area contributed by atoms with Crippen molar-refractivity contribution in [3.8, 4) is 0 Å². The van der Waals surface area contributed by atoms with E-state index in [4.69, 9.17) is 18.9 Å². The maximum absolute atomic E-state index is 11.9. The molecule has 1 fully saturated rings. The highest BCUT2D eigenvalue weighted by atomic mass is 16.7. The molecule has 0 aromatic carbocycles. The Kier molecular flexibility index (Phi) is 5.49. The van der Waals surface area contributed by atoms with Crippen LogP contribution in [0.1, 0.15) is 20.8 Å². The van der Waals surface area contributed by atoms with Gasteiger partial charge in [-0.25, -0.2) is 4.99 Å². The van der Waals surface area contributed by atoms with Crippen molar-refractivity contribution in [1.29, 1.82) is 0 Å². The van der Waals surface area contributed by atoms with Crippen LogP contribution in [0.3, 0.4) is 0 Å². The molecule has 0 aliphatic carbocycles. The van der Waals surface area contributed by atoms with Gasteiger partial charge in [0, 0.05) is 20.8 Å². The van der Waals surface area contributed by atoms with Crippen LogP contribution >= 0.6 is 0 Å². The van der Waals surface area contributed by atoms with Gasteiger partial charge in [0.15, 0.2) is 24.5 Å². The van der Waals surface area contributed by atoms with Crippen molar-refractivity contribution in [2.45, 2.75) is 51.4 Å². The third-order valence-electron chi connectivity index (χ3n) is 4.07. The van der Waals surface area contributed by atoms with E-state index in [9.17, 15) is 19.2 Å². The summed E-state index contributed by atoms with van der Waals surface area (Å²) in [5.41, 5.74) is 0. The number of carbonyl (C=O) groups is 4. The van der Waals surface area contributed by atoms with Crippen LogP contribution in [0.5, 0.6) is 0 Å². The fourth-order valence-corrected chi connectivity index (χ4v) is 3.05. The van der Waals surface area contributed by atoms with Crippen LogP contribution in [0.25, 0.3) is 0 Å². The summed E-state index contributed by atoms with van der Waals surface area (Å²) in [7, 11) is 0. The maximum atomic E-state index is 11.9. The van der Waals surface area contributed by atoms with Gasteiger partial charge in [0.1, 0.15) is 24.9 Å². The zero-order valence-corrected chi connectivity index (χ0v) is 15.3. The Morgan fingerprint density at radius 3 is 2.43 bits per heavy atom. The molecule has 0 saturated carbocycles. The van der Waals surface area contributed by atoms with Crippen LogP contribution in [0.4, 0.5) is 0 Å². The molecule has 3 heterocycles. The molecule has 3 aliphatic heterocycles. The van der Waals surface area contributed by atoms with Crippen molar-refractivity contribution >= 4 is 42.3 Å². The third kappa shape index (κ3) is 3.91. The molecular formula is C16H18N4O8. The second kappa shape index (κ2) is 7.84. The van der Waals surface area contributed by atoms with Crippen molar-refractivity contribution < 1.29 is 38.1 Å². The largest absolute Gasteiger partial charge is 0.463 e. The van der Waals surface area contributed by atoms with E-state index in [0.717, 1.165) is 6.34 Å². The van der Waals surface area contributed by atoms with Gasteiger partial charge in [-0.2, -0.15) is 4.99 Å². The molecule has 12 nitrogen and oxygen atoms in total. The Hall–Kier alpha value is -3.15. The molecule has 0 spiro atoms. The normalized spacial score (nSPS) is 30.7. The van der Waals surface area contributed by atoms with Crippen LogP contribution < -0.4 is 0 Å². The SMILES string of the molecule is CC(=O)OC[C@H]1O[C@@H](N2C=NC3C(=O)N=CN=C32)[C@H](OC(C)=O)[C@@H]1OC(C)=O. The average Bonchev–Trinajstić information content (AvgIpc) is 3.16. The lowest BCUT2D eigenvalue weighted by molar-refractivity contribution is -0.166. The lowest BCUT2D eigenvalue weighted by Gasteiger charge is -2.29. The number of amidine groups is 1. The van der Waals surface area contributed by atoms with E-state index in [1.54, 1.807) is 0 Å². The molecule has 0 aromatic rings. The summed E-state index contributed by atoms with van der Waals surface area (Å²) in [6.07, 6.45) is -1.65. The second-order valence-electron chi connectivity index (χ2n) is 6.16. The minimum absolute atomic E-state index is 0.233. The fourth-order valence-electron chi connectivity index (χ4n) is 3.05. The number of rotatable bonds is 5. The zero-order valence-electron chi connectivity index (χ0n) is 15.3. The minimum Gasteiger partial charge on any atom is -0.463 e. The number of carbonyl (C=O) groups excluding carboxylic acids is 4. The van der Waals surface area contributed by atoms with Gasteiger partial charge in [-0.15, -0.1) is 0 Å². The topological polar surface area (TPSA) is 146 Å². The van der Waals surface area contributed by atoms with E-state index in [-0.39, 0.29) is 12.4 Å². The summed E-state index contributed by atoms with van der Waals surface area (Å²) < 4.78 is 21.5. The highest BCUT2D eigenvalue weighted by Gasteiger charge is 2.54. The minimum atomic E-state index is -1.08. The molecule has 12 heteroatoms. The first-order chi connectivity index (χ1) is 13.3. The predicted molar refractivity (Wildman–Crippen MR) is 91.5 cm³/mol. The Labute approximate surface area is 159 Å². The van der Waals surface area contributed by atoms with Crippen LogP contribution in [0.15, 0.2) is 15.0 Å². The van der Waals surface area contributed by atoms with Crippen LogP contribution in [0, 0.1) is 0 Å². The monoisotopic (exact) mass is 394 g/mol. The van der Waals surface area contributed by atoms with Gasteiger partial charge in [-0.1, -0.05) is 0 Å². The van der Waals surface area contributed by atoms with Crippen molar-refractivity contribution in [1.82, 2.24) is 4.90 Å². The fraction of sp³-hybridized carbons (Fsp3) is 0.562. The van der Waals surface area contributed by atoms with Crippen LogP contribution in [0.2, 0.25) is 0 Å². The molecule has 28 heavy (non-hydrogen) atoms. The van der Waals surface area contributed by atoms with E-state index in [1.165, 1.54) is 32.0 Å². The van der Waals surface area contributed by atoms with E-state index >= 15 is 0 Å². The van der Waals surface area contributed by atoms with E-state index < -0.39 is 54.4 Å². The lowest BCUT2D eigenvalue weighted by atomic mass is 10.1. The molecule has 1 amide bonds. The molecule has 3 rings (SSSR count). The van der Waals surface area contributed by atoms with E-state index in [1.807, 2.05) is 0 Å². The summed E-state index contributed by atoms with van der Waals surface area (Å²) in [5.74, 6) is -2.10. The Bertz CT molecular complexity index is 792. The smallest absolute Gasteiger partial charge is 0.303 e. The van der Waals surface area contributed by atoms with Gasteiger partial charge >= 0.3 is 17.9 Å². The number of fused-ring (bicyclic) bond motifs is 1. The second-order valence-corrected chi connectivity index (χ2v) is 6.16. The number of hydrogen-bond donors (Lipinski definition) is 0. The van der Waals surface area contributed by atoms with Crippen LogP contribution in [-0.2, 0) is 38.1 Å². The molecule has 3 aliphatic rings. The summed E-state index contributed by atoms with van der Waals surface area (Å²) >= 11 is 0. The standard InChI is InChI=1S/C16H18N4O8/c1-7(21)25-4-10-12(26-8(2)22)13(27-9(3)23)16(28-10)20-6-19-11-14(20)17-5-18-15(11)24/h5-6,10-13,16H,4H2,1-3H3/t10-,11?,12-,13-,16-/m1/s1. The molecule has 0 aromatic heterocycles. The Morgan fingerprint density at radius 1 is 1.11 bits per heavy atom. The average molecular weight is 394 g/mol. The van der Waals surface area contributed by atoms with Crippen molar-refractivity contribution in [2.75, 3.05) is 6.61 Å². The molecule has 1 unspecified atom stereocenters. The van der Waals surface area contributed by atoms with Gasteiger partial charge in [0.05, 0.1) is 6.34 Å². The first-order valence-corrected chi connectivity index (χ1v) is 8.37. The van der Waals surface area contributed by atoms with Crippen molar-refractivity contribution in [3.05, 3.63) is 0 Å². The molecule has 0 bridgehead atoms. The molecule has 1 saturated heterocycles. The van der Waals surface area contributed by atoms with E-state index in [2.05, 4.69) is 15.0 Å². The highest BCUT2D eigenvalue weighted by molar-refractivity contribution is 6.19. The molecule has 5 atom stereocenters. The van der Waals surface area contributed by atoms with Gasteiger partial charge in [0.2, 0.25) is 0 Å². The summed E-state index contributed by atoms with van der Waals surface area (Å²) in [6, 6.07) is -0.925. The van der Waals surface area contributed by atoms with Crippen molar-refractivity contribution in [2.24, 2.45) is 15.0 Å². The molecule has 0 radical (unpaired) electrons. The van der Waals surface area contributed by atoms with Crippen LogP contribution in [-0.4, -0.2) is 84.4 Å². The summed E-state index contributed by atoms with van der Waals surface area (Å²) in [4.78, 5) is 59.3. The first-order valence-electron chi connectivity index (χ1n) is 8.37. The number of amides is 1. The third-order valence-corrected chi connectivity index (χ3v) is 4.07. The van der Waals surface area contributed by atoms with Gasteiger partial charge in [0.25, 0.3) is 5.91 Å². The number of nitrogens with zero attached hydrogens (tertiary/aromatic N) is 4. The molecule has 0 N–H and O–H groups in total. The van der Waals surface area contributed by atoms with Gasteiger partial charge in [-0.3, -0.25) is 29.1 Å². The number of aliphatic imine (C=N–C) groups is 3. The zero-order chi connectivity index (χ0) is 20.4. The Balaban J connectivity index is 1.90. The lowest BCUT2D eigenvalue weighted by Crippen LogP contribution is -2.50. The summed E-state index contributed by atoms with van der Waals surface area (Å²) in [6.45, 7) is 3.37. The van der Waals surface area contributed by atoms with Gasteiger partial charge in [-0.05, 0) is 0 Å². The Morgan fingerprint density at radius 2 is 1.79 bits per heavy atom. The molecular weight excluding hydrogens is 376 g/mol. The number of esters is 3. The van der Waals surface area contributed by atoms with Gasteiger partial charge < -0.3 is 18.9 Å². The van der Waals surface area contributed by atoms with Crippen molar-refractivity contribution in [3.63, 3.8) is 0 Å². The predicted octanol–water partition coefficient (Wildman–Crippen LogP) is -1.18. The molecule has 150 valence electrons. The number of ether oxygens (including phenoxy) is 4.